The maximum absolute atomic E-state index is 5.96. The second kappa shape index (κ2) is 4.99. The summed E-state index contributed by atoms with van der Waals surface area (Å²) in [6, 6.07) is 1.05. The van der Waals surface area contributed by atoms with Gasteiger partial charge in [-0.1, -0.05) is 0 Å². The Morgan fingerprint density at radius 1 is 1.44 bits per heavy atom. The fourth-order valence-electron chi connectivity index (χ4n) is 2.66. The molecule has 0 spiro atoms. The lowest BCUT2D eigenvalue weighted by molar-refractivity contribution is -0.0615. The third-order valence-electron chi connectivity index (χ3n) is 3.85. The molecule has 0 radical (unpaired) electrons. The van der Waals surface area contributed by atoms with E-state index in [-0.39, 0.29) is 6.10 Å². The SMILES string of the molecule is CN1CCOC(CNC2CC2)C1c1cnn(C)c1. The van der Waals surface area contributed by atoms with Crippen molar-refractivity contribution in [2.45, 2.75) is 31.0 Å². The Kier molecular flexibility index (Phi) is 3.37. The van der Waals surface area contributed by atoms with Gasteiger partial charge in [0.1, 0.15) is 0 Å². The minimum absolute atomic E-state index is 0.230. The van der Waals surface area contributed by atoms with Crippen molar-refractivity contribution in [3.63, 3.8) is 0 Å². The quantitative estimate of drug-likeness (QED) is 0.847. The molecule has 1 aromatic heterocycles. The standard InChI is InChI=1S/C13H22N4O/c1-16-5-6-18-12(8-14-11-3-4-11)13(16)10-7-15-17(2)9-10/h7,9,11-14H,3-6,8H2,1-2H3. The fraction of sp³-hybridized carbons (Fsp3) is 0.769. The van der Waals surface area contributed by atoms with Gasteiger partial charge >= 0.3 is 0 Å². The summed E-state index contributed by atoms with van der Waals surface area (Å²) in [6.45, 7) is 2.75. The molecule has 18 heavy (non-hydrogen) atoms. The minimum atomic E-state index is 0.230. The van der Waals surface area contributed by atoms with E-state index in [0.29, 0.717) is 6.04 Å². The van der Waals surface area contributed by atoms with Crippen molar-refractivity contribution in [2.75, 3.05) is 26.7 Å². The molecular formula is C13H22N4O. The van der Waals surface area contributed by atoms with Crippen LogP contribution < -0.4 is 5.32 Å². The molecule has 2 heterocycles. The number of ether oxygens (including phenoxy) is 1. The number of morpholine rings is 1. The van der Waals surface area contributed by atoms with Crippen LogP contribution in [-0.4, -0.2) is 53.6 Å². The highest BCUT2D eigenvalue weighted by molar-refractivity contribution is 5.14. The molecule has 0 aromatic carbocycles. The van der Waals surface area contributed by atoms with E-state index in [1.807, 2.05) is 17.9 Å². The van der Waals surface area contributed by atoms with Gasteiger partial charge in [-0.2, -0.15) is 5.10 Å². The van der Waals surface area contributed by atoms with Crippen LogP contribution in [0.15, 0.2) is 12.4 Å². The number of nitrogens with zero attached hydrogens (tertiary/aromatic N) is 3. The lowest BCUT2D eigenvalue weighted by Crippen LogP contribution is -2.47. The van der Waals surface area contributed by atoms with E-state index >= 15 is 0 Å². The van der Waals surface area contributed by atoms with Crippen LogP contribution in [0.1, 0.15) is 24.4 Å². The highest BCUT2D eigenvalue weighted by atomic mass is 16.5. The van der Waals surface area contributed by atoms with Gasteiger partial charge in [-0.3, -0.25) is 9.58 Å². The molecule has 5 heteroatoms. The van der Waals surface area contributed by atoms with E-state index in [4.69, 9.17) is 4.74 Å². The third-order valence-corrected chi connectivity index (χ3v) is 3.85. The predicted octanol–water partition coefficient (Wildman–Crippen LogP) is 0.544. The zero-order valence-corrected chi connectivity index (χ0v) is 11.2. The molecule has 1 saturated carbocycles. The zero-order chi connectivity index (χ0) is 12.5. The summed E-state index contributed by atoms with van der Waals surface area (Å²) in [7, 11) is 4.13. The van der Waals surface area contributed by atoms with Crippen molar-refractivity contribution in [3.8, 4) is 0 Å². The first kappa shape index (κ1) is 12.1. The second-order valence-corrected chi connectivity index (χ2v) is 5.46. The number of likely N-dealkylation sites (N-methyl/N-ethyl adjacent to an activating group) is 1. The molecule has 100 valence electrons. The summed E-state index contributed by atoms with van der Waals surface area (Å²) in [5.74, 6) is 0. The van der Waals surface area contributed by atoms with Crippen LogP contribution in [0.4, 0.5) is 0 Å². The van der Waals surface area contributed by atoms with Crippen molar-refractivity contribution in [2.24, 2.45) is 7.05 Å². The average molecular weight is 250 g/mol. The van der Waals surface area contributed by atoms with Crippen LogP contribution in [0.3, 0.4) is 0 Å². The second-order valence-electron chi connectivity index (χ2n) is 5.46. The van der Waals surface area contributed by atoms with E-state index in [9.17, 15) is 0 Å². The number of hydrogen-bond donors (Lipinski definition) is 1. The predicted molar refractivity (Wildman–Crippen MR) is 69.3 cm³/mol. The Labute approximate surface area is 108 Å². The van der Waals surface area contributed by atoms with Crippen molar-refractivity contribution < 1.29 is 4.74 Å². The van der Waals surface area contributed by atoms with Gasteiger partial charge in [-0.15, -0.1) is 0 Å². The first-order chi connectivity index (χ1) is 8.74. The maximum atomic E-state index is 5.96. The highest BCUT2D eigenvalue weighted by Gasteiger charge is 2.33. The Hall–Kier alpha value is -0.910. The summed E-state index contributed by atoms with van der Waals surface area (Å²) >= 11 is 0. The van der Waals surface area contributed by atoms with Gasteiger partial charge in [-0.25, -0.2) is 0 Å². The van der Waals surface area contributed by atoms with Gasteiger partial charge in [0.15, 0.2) is 0 Å². The summed E-state index contributed by atoms with van der Waals surface area (Å²) in [6.07, 6.45) is 6.92. The Bertz CT molecular complexity index is 401. The summed E-state index contributed by atoms with van der Waals surface area (Å²) in [5.41, 5.74) is 1.25. The van der Waals surface area contributed by atoms with Gasteiger partial charge in [0.05, 0.1) is 24.9 Å². The summed E-state index contributed by atoms with van der Waals surface area (Å²) in [5, 5.41) is 7.86. The van der Waals surface area contributed by atoms with E-state index in [2.05, 4.69) is 28.6 Å². The van der Waals surface area contributed by atoms with Crippen molar-refractivity contribution in [1.29, 1.82) is 0 Å². The number of aromatic nitrogens is 2. The molecule has 2 unspecified atom stereocenters. The molecule has 1 aliphatic heterocycles. The Balaban J connectivity index is 1.71. The minimum Gasteiger partial charge on any atom is -0.374 e. The Morgan fingerprint density at radius 2 is 2.28 bits per heavy atom. The van der Waals surface area contributed by atoms with Crippen LogP contribution in [0, 0.1) is 0 Å². The van der Waals surface area contributed by atoms with Gasteiger partial charge in [0, 0.05) is 37.9 Å². The summed E-state index contributed by atoms with van der Waals surface area (Å²) < 4.78 is 7.83. The lowest BCUT2D eigenvalue weighted by atomic mass is 10.0. The molecule has 5 nitrogen and oxygen atoms in total. The molecule has 0 bridgehead atoms. The van der Waals surface area contributed by atoms with Crippen LogP contribution in [0.2, 0.25) is 0 Å². The van der Waals surface area contributed by atoms with Crippen molar-refractivity contribution >= 4 is 0 Å². The Morgan fingerprint density at radius 3 is 2.94 bits per heavy atom. The highest BCUT2D eigenvalue weighted by Crippen LogP contribution is 2.28. The molecule has 2 aliphatic rings. The number of nitrogens with one attached hydrogen (secondary N) is 1. The maximum Gasteiger partial charge on any atom is 0.0897 e. The van der Waals surface area contributed by atoms with E-state index in [1.165, 1.54) is 18.4 Å². The van der Waals surface area contributed by atoms with Gasteiger partial charge in [-0.05, 0) is 19.9 Å². The average Bonchev–Trinajstić information content (AvgIpc) is 3.09. The topological polar surface area (TPSA) is 42.3 Å². The molecule has 2 fully saturated rings. The molecular weight excluding hydrogens is 228 g/mol. The van der Waals surface area contributed by atoms with E-state index < -0.39 is 0 Å². The molecule has 1 aromatic rings. The number of hydrogen-bond acceptors (Lipinski definition) is 4. The van der Waals surface area contributed by atoms with Gasteiger partial charge in [0.25, 0.3) is 0 Å². The van der Waals surface area contributed by atoms with Crippen LogP contribution in [-0.2, 0) is 11.8 Å². The third kappa shape index (κ3) is 2.58. The fourth-order valence-corrected chi connectivity index (χ4v) is 2.66. The normalized spacial score (nSPS) is 29.7. The van der Waals surface area contributed by atoms with Crippen molar-refractivity contribution in [1.82, 2.24) is 20.0 Å². The molecule has 1 aliphatic carbocycles. The monoisotopic (exact) mass is 250 g/mol. The lowest BCUT2D eigenvalue weighted by Gasteiger charge is -2.38. The molecule has 1 saturated heterocycles. The van der Waals surface area contributed by atoms with E-state index in [0.717, 1.165) is 25.7 Å². The van der Waals surface area contributed by atoms with Crippen LogP contribution in [0.25, 0.3) is 0 Å². The van der Waals surface area contributed by atoms with Crippen LogP contribution in [0.5, 0.6) is 0 Å². The zero-order valence-electron chi connectivity index (χ0n) is 11.2. The van der Waals surface area contributed by atoms with Crippen molar-refractivity contribution in [3.05, 3.63) is 18.0 Å². The molecule has 1 N–H and O–H groups in total. The molecule has 2 atom stereocenters. The molecule has 0 amide bonds. The smallest absolute Gasteiger partial charge is 0.0897 e. The number of aryl methyl sites for hydroxylation is 1. The molecule has 3 rings (SSSR count). The van der Waals surface area contributed by atoms with Crippen LogP contribution >= 0.6 is 0 Å². The van der Waals surface area contributed by atoms with Gasteiger partial charge < -0.3 is 10.1 Å². The summed E-state index contributed by atoms with van der Waals surface area (Å²) in [4.78, 5) is 2.37. The first-order valence-corrected chi connectivity index (χ1v) is 6.78. The van der Waals surface area contributed by atoms with E-state index in [1.54, 1.807) is 0 Å². The number of rotatable bonds is 4. The first-order valence-electron chi connectivity index (χ1n) is 6.78. The largest absolute Gasteiger partial charge is 0.374 e. The van der Waals surface area contributed by atoms with Gasteiger partial charge in [0.2, 0.25) is 0 Å².